The van der Waals surface area contributed by atoms with Crippen molar-refractivity contribution in [1.82, 2.24) is 15.2 Å². The molecule has 1 heterocycles. The van der Waals surface area contributed by atoms with Gasteiger partial charge in [0, 0.05) is 12.6 Å². The Morgan fingerprint density at radius 2 is 2.29 bits per heavy atom. The lowest BCUT2D eigenvalue weighted by Crippen LogP contribution is -2.19. The molecule has 1 aromatic heterocycles. The number of halogens is 1. The Morgan fingerprint density at radius 3 is 2.86 bits per heavy atom. The van der Waals surface area contributed by atoms with E-state index in [0.29, 0.717) is 12.4 Å². The van der Waals surface area contributed by atoms with E-state index in [4.69, 9.17) is 22.4 Å². The number of hydrogen-bond acceptors (Lipinski definition) is 6. The molecule has 0 radical (unpaired) electrons. The molecule has 0 aliphatic heterocycles. The predicted octanol–water partition coefficient (Wildman–Crippen LogP) is 0.290. The number of nitrogens with zero attached hydrogens (tertiary/aromatic N) is 3. The van der Waals surface area contributed by atoms with Crippen LogP contribution in [0, 0.1) is 0 Å². The van der Waals surface area contributed by atoms with Crippen molar-refractivity contribution in [2.75, 3.05) is 17.7 Å². The Labute approximate surface area is 86.5 Å². The van der Waals surface area contributed by atoms with Crippen LogP contribution in [0.5, 0.6) is 0 Å². The largest absolute Gasteiger partial charge is 0.396 e. The number of rotatable bonds is 4. The maximum absolute atomic E-state index is 8.67. The summed E-state index contributed by atoms with van der Waals surface area (Å²) in [5.74, 6) is 0.452. The molecule has 0 aliphatic carbocycles. The Bertz CT molecular complexity index is 308. The SMILES string of the molecule is CC(CCO)Nc1nnc(Cl)c(N)n1. The maximum Gasteiger partial charge on any atom is 0.245 e. The molecule has 4 N–H and O–H groups in total. The molecule has 0 spiro atoms. The van der Waals surface area contributed by atoms with Crippen LogP contribution in [-0.2, 0) is 0 Å². The van der Waals surface area contributed by atoms with E-state index in [9.17, 15) is 0 Å². The first-order valence-electron chi connectivity index (χ1n) is 4.16. The van der Waals surface area contributed by atoms with Gasteiger partial charge >= 0.3 is 0 Å². The summed E-state index contributed by atoms with van der Waals surface area (Å²) >= 11 is 5.55. The van der Waals surface area contributed by atoms with E-state index in [0.717, 1.165) is 0 Å². The van der Waals surface area contributed by atoms with Gasteiger partial charge in [-0.05, 0) is 13.3 Å². The first-order valence-corrected chi connectivity index (χ1v) is 4.54. The van der Waals surface area contributed by atoms with Crippen molar-refractivity contribution in [3.63, 3.8) is 0 Å². The van der Waals surface area contributed by atoms with Crippen molar-refractivity contribution in [3.8, 4) is 0 Å². The molecule has 1 aromatic rings. The van der Waals surface area contributed by atoms with Gasteiger partial charge in [0.25, 0.3) is 0 Å². The summed E-state index contributed by atoms with van der Waals surface area (Å²) in [4.78, 5) is 3.87. The second-order valence-corrected chi connectivity index (χ2v) is 3.23. The number of nitrogens with two attached hydrogens (primary N) is 1. The molecular weight excluding hydrogens is 206 g/mol. The summed E-state index contributed by atoms with van der Waals surface area (Å²) in [5, 5.41) is 19.0. The highest BCUT2D eigenvalue weighted by molar-refractivity contribution is 6.31. The fourth-order valence-electron chi connectivity index (χ4n) is 0.872. The minimum absolute atomic E-state index is 0.0578. The predicted molar refractivity (Wildman–Crippen MR) is 54.0 cm³/mol. The van der Waals surface area contributed by atoms with Gasteiger partial charge in [-0.15, -0.1) is 10.2 Å². The monoisotopic (exact) mass is 217 g/mol. The molecule has 0 bridgehead atoms. The number of nitrogen functional groups attached to an aromatic ring is 1. The van der Waals surface area contributed by atoms with Crippen LogP contribution in [-0.4, -0.2) is 32.9 Å². The topological polar surface area (TPSA) is 97.0 Å². The Kier molecular flexibility index (Phi) is 3.84. The zero-order chi connectivity index (χ0) is 10.6. The van der Waals surface area contributed by atoms with Crippen LogP contribution in [0.1, 0.15) is 13.3 Å². The van der Waals surface area contributed by atoms with Gasteiger partial charge < -0.3 is 16.2 Å². The Morgan fingerprint density at radius 1 is 1.57 bits per heavy atom. The molecule has 0 aliphatic rings. The minimum atomic E-state index is 0.0578. The Hall–Kier alpha value is -1.14. The Balaban J connectivity index is 2.63. The van der Waals surface area contributed by atoms with E-state index < -0.39 is 0 Å². The normalized spacial score (nSPS) is 12.5. The second kappa shape index (κ2) is 4.92. The third kappa shape index (κ3) is 2.97. The third-order valence-corrected chi connectivity index (χ3v) is 1.88. The fraction of sp³-hybridized carbons (Fsp3) is 0.571. The van der Waals surface area contributed by atoms with Crippen LogP contribution in [0.3, 0.4) is 0 Å². The number of nitrogens with one attached hydrogen (secondary N) is 1. The molecule has 0 saturated heterocycles. The first-order chi connectivity index (χ1) is 6.63. The van der Waals surface area contributed by atoms with Gasteiger partial charge in [0.1, 0.15) is 0 Å². The lowest BCUT2D eigenvalue weighted by atomic mass is 10.2. The molecule has 0 amide bonds. The van der Waals surface area contributed by atoms with E-state index in [-0.39, 0.29) is 23.6 Å². The number of aromatic nitrogens is 3. The number of hydrogen-bond donors (Lipinski definition) is 3. The van der Waals surface area contributed by atoms with Gasteiger partial charge in [-0.25, -0.2) is 0 Å². The van der Waals surface area contributed by atoms with Crippen LogP contribution in [0.4, 0.5) is 11.8 Å². The highest BCUT2D eigenvalue weighted by atomic mass is 35.5. The van der Waals surface area contributed by atoms with Crippen molar-refractivity contribution < 1.29 is 5.11 Å². The summed E-state index contributed by atoms with van der Waals surface area (Å²) in [5.41, 5.74) is 5.44. The highest BCUT2D eigenvalue weighted by Crippen LogP contribution is 2.12. The lowest BCUT2D eigenvalue weighted by molar-refractivity contribution is 0.282. The van der Waals surface area contributed by atoms with Gasteiger partial charge in [-0.3, -0.25) is 0 Å². The van der Waals surface area contributed by atoms with Gasteiger partial charge in [0.2, 0.25) is 5.95 Å². The maximum atomic E-state index is 8.67. The average Bonchev–Trinajstić information content (AvgIpc) is 2.12. The molecule has 0 aromatic carbocycles. The van der Waals surface area contributed by atoms with E-state index in [2.05, 4.69) is 20.5 Å². The molecule has 1 rings (SSSR count). The third-order valence-electron chi connectivity index (χ3n) is 1.61. The molecule has 1 atom stereocenters. The number of aliphatic hydroxyl groups excluding tert-OH is 1. The summed E-state index contributed by atoms with van der Waals surface area (Å²) in [6, 6.07) is 0.0578. The van der Waals surface area contributed by atoms with Crippen LogP contribution in [0.15, 0.2) is 0 Å². The van der Waals surface area contributed by atoms with Gasteiger partial charge in [0.05, 0.1) is 0 Å². The zero-order valence-corrected chi connectivity index (χ0v) is 8.49. The summed E-state index contributed by atoms with van der Waals surface area (Å²) < 4.78 is 0. The number of anilines is 2. The summed E-state index contributed by atoms with van der Waals surface area (Å²) in [7, 11) is 0. The average molecular weight is 218 g/mol. The van der Waals surface area contributed by atoms with Crippen LogP contribution in [0.25, 0.3) is 0 Å². The van der Waals surface area contributed by atoms with Gasteiger partial charge in [-0.1, -0.05) is 11.6 Å². The minimum Gasteiger partial charge on any atom is -0.396 e. The highest BCUT2D eigenvalue weighted by Gasteiger charge is 2.06. The van der Waals surface area contributed by atoms with E-state index in [1.165, 1.54) is 0 Å². The molecule has 0 fully saturated rings. The van der Waals surface area contributed by atoms with Gasteiger partial charge in [-0.2, -0.15) is 4.98 Å². The van der Waals surface area contributed by atoms with E-state index in [1.807, 2.05) is 6.92 Å². The standard InChI is InChI=1S/C7H12ClN5O/c1-4(2-3-14)10-7-11-6(9)5(8)12-13-7/h4,14H,2-3H2,1H3,(H3,9,10,11,13). The van der Waals surface area contributed by atoms with Crippen LogP contribution in [0.2, 0.25) is 5.15 Å². The molecule has 6 nitrogen and oxygen atoms in total. The smallest absolute Gasteiger partial charge is 0.245 e. The molecule has 0 saturated carbocycles. The fourth-order valence-corrected chi connectivity index (χ4v) is 0.952. The zero-order valence-electron chi connectivity index (χ0n) is 7.74. The lowest BCUT2D eigenvalue weighted by Gasteiger charge is -2.11. The molecule has 1 unspecified atom stereocenters. The number of aliphatic hydroxyl groups is 1. The second-order valence-electron chi connectivity index (χ2n) is 2.87. The van der Waals surface area contributed by atoms with Crippen molar-refractivity contribution in [1.29, 1.82) is 0 Å². The molecule has 14 heavy (non-hydrogen) atoms. The van der Waals surface area contributed by atoms with Crippen molar-refractivity contribution in [2.45, 2.75) is 19.4 Å². The van der Waals surface area contributed by atoms with Crippen molar-refractivity contribution in [3.05, 3.63) is 5.15 Å². The molecular formula is C7H12ClN5O. The molecule has 78 valence electrons. The van der Waals surface area contributed by atoms with Crippen molar-refractivity contribution in [2.24, 2.45) is 0 Å². The van der Waals surface area contributed by atoms with Crippen molar-refractivity contribution >= 4 is 23.4 Å². The van der Waals surface area contributed by atoms with Crippen LogP contribution < -0.4 is 11.1 Å². The van der Waals surface area contributed by atoms with E-state index >= 15 is 0 Å². The van der Waals surface area contributed by atoms with Crippen LogP contribution >= 0.6 is 11.6 Å². The summed E-state index contributed by atoms with van der Waals surface area (Å²) in [6.07, 6.45) is 0.603. The quantitative estimate of drug-likeness (QED) is 0.671. The summed E-state index contributed by atoms with van der Waals surface area (Å²) in [6.45, 7) is 2.00. The first kappa shape index (κ1) is 10.9. The molecule has 7 heteroatoms. The van der Waals surface area contributed by atoms with Gasteiger partial charge in [0.15, 0.2) is 11.0 Å². The van der Waals surface area contributed by atoms with E-state index in [1.54, 1.807) is 0 Å².